The van der Waals surface area contributed by atoms with Crippen LogP contribution in [-0.4, -0.2) is 36.7 Å². The predicted octanol–water partition coefficient (Wildman–Crippen LogP) is 1.49. The van der Waals surface area contributed by atoms with Gasteiger partial charge in [0, 0.05) is 12.4 Å². The average Bonchev–Trinajstić information content (AvgIpc) is 2.50. The van der Waals surface area contributed by atoms with Crippen molar-refractivity contribution in [2.75, 3.05) is 20.3 Å². The van der Waals surface area contributed by atoms with Gasteiger partial charge in [0.05, 0.1) is 19.2 Å². The second kappa shape index (κ2) is 5.50. The molecule has 1 N–H and O–H groups in total. The van der Waals surface area contributed by atoms with Crippen LogP contribution in [0.5, 0.6) is 0 Å². The maximum Gasteiger partial charge on any atom is 0.157 e. The van der Waals surface area contributed by atoms with Gasteiger partial charge in [-0.05, 0) is 6.42 Å². The molecular formula is C9H18N2OS. The molecule has 0 aromatic carbocycles. The van der Waals surface area contributed by atoms with E-state index in [9.17, 15) is 0 Å². The Labute approximate surface area is 84.3 Å². The summed E-state index contributed by atoms with van der Waals surface area (Å²) in [7, 11) is 1.73. The van der Waals surface area contributed by atoms with Crippen LogP contribution in [0.25, 0.3) is 0 Å². The van der Waals surface area contributed by atoms with E-state index in [4.69, 9.17) is 4.74 Å². The first-order chi connectivity index (χ1) is 6.26. The molecule has 0 aliphatic carbocycles. The van der Waals surface area contributed by atoms with Crippen LogP contribution in [0.15, 0.2) is 4.99 Å². The zero-order valence-electron chi connectivity index (χ0n) is 8.54. The minimum atomic E-state index is 0.404. The number of nitrogens with one attached hydrogen (secondary N) is 1. The average molecular weight is 202 g/mol. The van der Waals surface area contributed by atoms with Crippen molar-refractivity contribution in [3.8, 4) is 0 Å². The van der Waals surface area contributed by atoms with E-state index >= 15 is 0 Å². The fraction of sp³-hybridized carbons (Fsp3) is 0.889. The molecule has 4 heteroatoms. The van der Waals surface area contributed by atoms with Crippen molar-refractivity contribution in [1.82, 2.24) is 5.32 Å². The van der Waals surface area contributed by atoms with Crippen molar-refractivity contribution in [3.63, 3.8) is 0 Å². The molecule has 76 valence electrons. The van der Waals surface area contributed by atoms with Crippen molar-refractivity contribution in [1.29, 1.82) is 0 Å². The number of methoxy groups -OCH3 is 1. The summed E-state index contributed by atoms with van der Waals surface area (Å²) < 4.78 is 5.11. The summed E-state index contributed by atoms with van der Waals surface area (Å²) in [6.45, 7) is 6.04. The molecule has 3 nitrogen and oxygen atoms in total. The monoisotopic (exact) mass is 202 g/mol. The molecule has 0 fully saturated rings. The molecule has 1 rings (SSSR count). The molecule has 13 heavy (non-hydrogen) atoms. The largest absolute Gasteiger partial charge is 0.383 e. The first-order valence-electron chi connectivity index (χ1n) is 4.72. The minimum absolute atomic E-state index is 0.404. The summed E-state index contributed by atoms with van der Waals surface area (Å²) in [5.74, 6) is 0. The third-order valence-corrected chi connectivity index (χ3v) is 3.01. The molecule has 2 atom stereocenters. The van der Waals surface area contributed by atoms with Gasteiger partial charge >= 0.3 is 0 Å². The normalized spacial score (nSPS) is 24.2. The van der Waals surface area contributed by atoms with Gasteiger partial charge in [0.1, 0.15) is 0 Å². The summed E-state index contributed by atoms with van der Waals surface area (Å²) in [5.41, 5.74) is 0. The summed E-state index contributed by atoms with van der Waals surface area (Å²) in [6, 6.07) is 0.404. The smallest absolute Gasteiger partial charge is 0.157 e. The zero-order chi connectivity index (χ0) is 9.68. The Morgan fingerprint density at radius 1 is 1.77 bits per heavy atom. The van der Waals surface area contributed by atoms with E-state index in [-0.39, 0.29) is 0 Å². The summed E-state index contributed by atoms with van der Waals surface area (Å²) in [6.07, 6.45) is 1.07. The number of thioether (sulfide) groups is 1. The first kappa shape index (κ1) is 10.9. The van der Waals surface area contributed by atoms with Crippen LogP contribution in [-0.2, 0) is 4.74 Å². The van der Waals surface area contributed by atoms with Crippen molar-refractivity contribution < 1.29 is 4.74 Å². The van der Waals surface area contributed by atoms with E-state index < -0.39 is 0 Å². The third kappa shape index (κ3) is 3.56. The van der Waals surface area contributed by atoms with Gasteiger partial charge in [-0.25, -0.2) is 0 Å². The number of ether oxygens (including phenoxy) is 1. The molecular weight excluding hydrogens is 184 g/mol. The number of nitrogens with zero attached hydrogens (tertiary/aromatic N) is 1. The molecule has 0 aromatic heterocycles. The lowest BCUT2D eigenvalue weighted by Crippen LogP contribution is -2.35. The summed E-state index contributed by atoms with van der Waals surface area (Å²) >= 11 is 1.82. The Balaban J connectivity index is 2.29. The molecule has 1 heterocycles. The second-order valence-electron chi connectivity index (χ2n) is 3.28. The van der Waals surface area contributed by atoms with Gasteiger partial charge in [-0.15, -0.1) is 0 Å². The fourth-order valence-corrected chi connectivity index (χ4v) is 2.11. The Bertz CT molecular complexity index is 184. The molecule has 1 aliphatic rings. The Kier molecular flexibility index (Phi) is 4.59. The van der Waals surface area contributed by atoms with E-state index in [1.54, 1.807) is 7.11 Å². The molecule has 0 saturated heterocycles. The van der Waals surface area contributed by atoms with Crippen LogP contribution in [0.2, 0.25) is 0 Å². The van der Waals surface area contributed by atoms with Gasteiger partial charge in [0.15, 0.2) is 5.17 Å². The topological polar surface area (TPSA) is 33.6 Å². The van der Waals surface area contributed by atoms with E-state index in [0.717, 1.165) is 24.7 Å². The first-order valence-corrected chi connectivity index (χ1v) is 5.60. The molecule has 0 radical (unpaired) electrons. The lowest BCUT2D eigenvalue weighted by atomic mass is 10.2. The predicted molar refractivity (Wildman–Crippen MR) is 58.4 cm³/mol. The van der Waals surface area contributed by atoms with Gasteiger partial charge in [-0.3, -0.25) is 4.99 Å². The maximum absolute atomic E-state index is 5.11. The minimum Gasteiger partial charge on any atom is -0.383 e. The van der Waals surface area contributed by atoms with Crippen LogP contribution >= 0.6 is 11.8 Å². The SMILES string of the molecule is CCC(COC)NC1=NCC(C)S1. The molecule has 0 amide bonds. The molecule has 0 aromatic rings. The molecule has 0 bridgehead atoms. The zero-order valence-corrected chi connectivity index (χ0v) is 9.36. The van der Waals surface area contributed by atoms with Gasteiger partial charge in [-0.2, -0.15) is 0 Å². The highest BCUT2D eigenvalue weighted by atomic mass is 32.2. The van der Waals surface area contributed by atoms with E-state index in [1.165, 1.54) is 0 Å². The number of rotatable bonds is 4. The highest BCUT2D eigenvalue weighted by molar-refractivity contribution is 8.14. The summed E-state index contributed by atoms with van der Waals surface area (Å²) in [5, 5.41) is 5.09. The quantitative estimate of drug-likeness (QED) is 0.750. The molecule has 2 unspecified atom stereocenters. The number of hydrogen-bond donors (Lipinski definition) is 1. The van der Waals surface area contributed by atoms with Crippen LogP contribution in [0, 0.1) is 0 Å². The number of aliphatic imine (C=N–C) groups is 1. The van der Waals surface area contributed by atoms with Gasteiger partial charge < -0.3 is 10.1 Å². The standard InChI is InChI=1S/C9H18N2OS/c1-4-8(6-12-3)11-9-10-5-7(2)13-9/h7-8H,4-6H2,1-3H3,(H,10,11). The van der Waals surface area contributed by atoms with Crippen molar-refractivity contribution in [3.05, 3.63) is 0 Å². The lowest BCUT2D eigenvalue weighted by Gasteiger charge is -2.16. The fourth-order valence-electron chi connectivity index (χ4n) is 1.19. The van der Waals surface area contributed by atoms with E-state index in [1.807, 2.05) is 11.8 Å². The number of hydrogen-bond acceptors (Lipinski definition) is 4. The number of amidine groups is 1. The molecule has 0 saturated carbocycles. The Morgan fingerprint density at radius 2 is 2.54 bits per heavy atom. The maximum atomic E-state index is 5.11. The van der Waals surface area contributed by atoms with Crippen molar-refractivity contribution >= 4 is 16.9 Å². The summed E-state index contributed by atoms with van der Waals surface area (Å²) in [4.78, 5) is 4.40. The van der Waals surface area contributed by atoms with Gasteiger partial charge in [-0.1, -0.05) is 25.6 Å². The van der Waals surface area contributed by atoms with Crippen LogP contribution < -0.4 is 5.32 Å². The second-order valence-corrected chi connectivity index (χ2v) is 4.71. The van der Waals surface area contributed by atoms with E-state index in [2.05, 4.69) is 24.2 Å². The Morgan fingerprint density at radius 3 is 3.00 bits per heavy atom. The van der Waals surface area contributed by atoms with Crippen LogP contribution in [0.3, 0.4) is 0 Å². The molecule has 1 aliphatic heterocycles. The highest BCUT2D eigenvalue weighted by Crippen LogP contribution is 2.18. The third-order valence-electron chi connectivity index (χ3n) is 1.99. The van der Waals surface area contributed by atoms with Gasteiger partial charge in [0.25, 0.3) is 0 Å². The van der Waals surface area contributed by atoms with Crippen LogP contribution in [0.4, 0.5) is 0 Å². The molecule has 0 spiro atoms. The van der Waals surface area contributed by atoms with Gasteiger partial charge in [0.2, 0.25) is 0 Å². The Hall–Kier alpha value is -0.220. The lowest BCUT2D eigenvalue weighted by molar-refractivity contribution is 0.172. The van der Waals surface area contributed by atoms with Crippen molar-refractivity contribution in [2.45, 2.75) is 31.6 Å². The van der Waals surface area contributed by atoms with Crippen LogP contribution in [0.1, 0.15) is 20.3 Å². The van der Waals surface area contributed by atoms with E-state index in [0.29, 0.717) is 11.3 Å². The van der Waals surface area contributed by atoms with Crippen molar-refractivity contribution in [2.24, 2.45) is 4.99 Å². The highest BCUT2D eigenvalue weighted by Gasteiger charge is 2.17.